The molecule has 2 fully saturated rings. The van der Waals surface area contributed by atoms with E-state index in [0.717, 1.165) is 37.7 Å². The van der Waals surface area contributed by atoms with Crippen LogP contribution in [-0.4, -0.2) is 35.8 Å². The van der Waals surface area contributed by atoms with Crippen LogP contribution >= 0.6 is 0 Å². The van der Waals surface area contributed by atoms with Crippen LogP contribution in [0.3, 0.4) is 0 Å². The number of nitrogens with zero attached hydrogens (tertiary/aromatic N) is 1. The zero-order chi connectivity index (χ0) is 21.2. The van der Waals surface area contributed by atoms with Gasteiger partial charge in [0.25, 0.3) is 0 Å². The van der Waals surface area contributed by atoms with Gasteiger partial charge in [-0.05, 0) is 55.2 Å². The summed E-state index contributed by atoms with van der Waals surface area (Å²) in [5.74, 6) is 0.145. The molecule has 29 heavy (non-hydrogen) atoms. The fourth-order valence-corrected chi connectivity index (χ4v) is 5.01. The van der Waals surface area contributed by atoms with Crippen molar-refractivity contribution in [2.24, 2.45) is 17.3 Å². The first-order valence-electron chi connectivity index (χ1n) is 11.0. The van der Waals surface area contributed by atoms with Gasteiger partial charge in [0.1, 0.15) is 5.82 Å². The van der Waals surface area contributed by atoms with Gasteiger partial charge < -0.3 is 10.2 Å². The van der Waals surface area contributed by atoms with Crippen molar-refractivity contribution in [1.82, 2.24) is 10.2 Å². The van der Waals surface area contributed by atoms with E-state index in [9.17, 15) is 14.0 Å². The number of halogens is 1. The molecule has 3 unspecified atom stereocenters. The summed E-state index contributed by atoms with van der Waals surface area (Å²) in [6, 6.07) is 6.58. The van der Waals surface area contributed by atoms with Gasteiger partial charge in [0.05, 0.1) is 5.92 Å². The summed E-state index contributed by atoms with van der Waals surface area (Å²) < 4.78 is 13.3. The number of likely N-dealkylation sites (tertiary alicyclic amines) is 1. The van der Waals surface area contributed by atoms with E-state index in [2.05, 4.69) is 19.2 Å². The molecule has 1 saturated heterocycles. The first-order chi connectivity index (χ1) is 13.7. The van der Waals surface area contributed by atoms with Gasteiger partial charge in [-0.25, -0.2) is 4.39 Å². The molecule has 1 saturated carbocycles. The second-order valence-corrected chi connectivity index (χ2v) is 9.71. The molecular formula is C24H35FN2O2. The van der Waals surface area contributed by atoms with Crippen molar-refractivity contribution < 1.29 is 14.0 Å². The summed E-state index contributed by atoms with van der Waals surface area (Å²) in [4.78, 5) is 27.5. The van der Waals surface area contributed by atoms with Gasteiger partial charge in [0, 0.05) is 25.0 Å². The Morgan fingerprint density at radius 2 is 1.72 bits per heavy atom. The maximum Gasteiger partial charge on any atom is 0.227 e. The van der Waals surface area contributed by atoms with E-state index in [1.807, 2.05) is 30.9 Å². The first kappa shape index (κ1) is 21.8. The summed E-state index contributed by atoms with van der Waals surface area (Å²) >= 11 is 0. The molecule has 2 amide bonds. The van der Waals surface area contributed by atoms with E-state index in [4.69, 9.17) is 0 Å². The van der Waals surface area contributed by atoms with Crippen molar-refractivity contribution in [3.05, 3.63) is 35.6 Å². The fourth-order valence-electron chi connectivity index (χ4n) is 5.01. The molecule has 0 aromatic heterocycles. The van der Waals surface area contributed by atoms with E-state index >= 15 is 0 Å². The minimum absolute atomic E-state index is 0.0954. The van der Waals surface area contributed by atoms with Gasteiger partial charge in [-0.1, -0.05) is 45.7 Å². The van der Waals surface area contributed by atoms with Gasteiger partial charge in [0.15, 0.2) is 0 Å². The Labute approximate surface area is 174 Å². The summed E-state index contributed by atoms with van der Waals surface area (Å²) in [5, 5.41) is 3.08. The van der Waals surface area contributed by atoms with Crippen molar-refractivity contribution >= 4 is 11.8 Å². The second kappa shape index (κ2) is 8.85. The van der Waals surface area contributed by atoms with Crippen LogP contribution in [-0.2, 0) is 9.59 Å². The zero-order valence-corrected chi connectivity index (χ0v) is 18.2. The normalized spacial score (nSPS) is 24.2. The SMILES string of the molecule is CC(NC(=O)C1CCCC1)C(C)C(=O)N1CCC(c2ccc(F)cc2)C(C)(C)C1. The van der Waals surface area contributed by atoms with Gasteiger partial charge in [-0.2, -0.15) is 0 Å². The van der Waals surface area contributed by atoms with Crippen molar-refractivity contribution in [2.75, 3.05) is 13.1 Å². The predicted molar refractivity (Wildman–Crippen MR) is 113 cm³/mol. The van der Waals surface area contributed by atoms with E-state index in [-0.39, 0.29) is 40.9 Å². The van der Waals surface area contributed by atoms with Crippen molar-refractivity contribution in [3.8, 4) is 0 Å². The maximum absolute atomic E-state index is 13.3. The third kappa shape index (κ3) is 4.99. The molecule has 0 bridgehead atoms. The highest BCUT2D eigenvalue weighted by molar-refractivity contribution is 5.82. The molecule has 1 aliphatic heterocycles. The van der Waals surface area contributed by atoms with Crippen LogP contribution in [0.2, 0.25) is 0 Å². The number of amides is 2. The van der Waals surface area contributed by atoms with Crippen molar-refractivity contribution in [3.63, 3.8) is 0 Å². The predicted octanol–water partition coefficient (Wildman–Crippen LogP) is 4.50. The number of piperidine rings is 1. The first-order valence-corrected chi connectivity index (χ1v) is 11.0. The minimum atomic E-state index is -0.251. The van der Waals surface area contributed by atoms with Crippen LogP contribution in [0.5, 0.6) is 0 Å². The molecule has 4 nitrogen and oxygen atoms in total. The molecule has 1 aromatic rings. The quantitative estimate of drug-likeness (QED) is 0.788. The number of carbonyl (C=O) groups excluding carboxylic acids is 2. The van der Waals surface area contributed by atoms with Gasteiger partial charge >= 0.3 is 0 Å². The standard InChI is InChI=1S/C24H35FN2O2/c1-16(17(2)26-22(28)19-7-5-6-8-19)23(29)27-14-13-21(24(3,4)15-27)18-9-11-20(25)12-10-18/h9-12,16-17,19,21H,5-8,13-15H2,1-4H3,(H,26,28). The molecule has 0 spiro atoms. The average molecular weight is 403 g/mol. The lowest BCUT2D eigenvalue weighted by atomic mass is 9.70. The lowest BCUT2D eigenvalue weighted by Crippen LogP contribution is -2.52. The van der Waals surface area contributed by atoms with Crippen LogP contribution in [0.25, 0.3) is 0 Å². The Kier molecular flexibility index (Phi) is 6.65. The number of hydrogen-bond donors (Lipinski definition) is 1. The zero-order valence-electron chi connectivity index (χ0n) is 18.2. The Morgan fingerprint density at radius 3 is 2.31 bits per heavy atom. The van der Waals surface area contributed by atoms with E-state index in [1.165, 1.54) is 12.1 Å². The summed E-state index contributed by atoms with van der Waals surface area (Å²) in [5.41, 5.74) is 1.04. The van der Waals surface area contributed by atoms with Crippen molar-refractivity contribution in [2.45, 2.75) is 71.8 Å². The molecule has 3 rings (SSSR count). The number of benzene rings is 1. The van der Waals surface area contributed by atoms with Gasteiger partial charge in [-0.15, -0.1) is 0 Å². The summed E-state index contributed by atoms with van der Waals surface area (Å²) in [6.45, 7) is 9.57. The van der Waals surface area contributed by atoms with Gasteiger partial charge in [0.2, 0.25) is 11.8 Å². The topological polar surface area (TPSA) is 49.4 Å². The van der Waals surface area contributed by atoms with E-state index in [1.54, 1.807) is 0 Å². The third-order valence-corrected chi connectivity index (χ3v) is 7.05. The molecule has 5 heteroatoms. The molecule has 0 radical (unpaired) electrons. The van der Waals surface area contributed by atoms with Crippen LogP contribution < -0.4 is 5.32 Å². The number of rotatable bonds is 5. The number of carbonyl (C=O) groups is 2. The Bertz CT molecular complexity index is 725. The molecule has 1 aromatic carbocycles. The second-order valence-electron chi connectivity index (χ2n) is 9.71. The summed E-state index contributed by atoms with van der Waals surface area (Å²) in [6.07, 6.45) is 5.04. The van der Waals surface area contributed by atoms with E-state index in [0.29, 0.717) is 19.0 Å². The molecule has 160 valence electrons. The highest BCUT2D eigenvalue weighted by Gasteiger charge is 2.40. The molecule has 1 heterocycles. The van der Waals surface area contributed by atoms with Crippen molar-refractivity contribution in [1.29, 1.82) is 0 Å². The van der Waals surface area contributed by atoms with Crippen LogP contribution in [0, 0.1) is 23.1 Å². The highest BCUT2D eigenvalue weighted by atomic mass is 19.1. The molecule has 2 aliphatic rings. The minimum Gasteiger partial charge on any atom is -0.353 e. The molecule has 3 atom stereocenters. The third-order valence-electron chi connectivity index (χ3n) is 7.05. The number of nitrogens with one attached hydrogen (secondary N) is 1. The monoisotopic (exact) mass is 402 g/mol. The molecular weight excluding hydrogens is 367 g/mol. The lowest BCUT2D eigenvalue weighted by molar-refractivity contribution is -0.139. The number of hydrogen-bond acceptors (Lipinski definition) is 2. The smallest absolute Gasteiger partial charge is 0.227 e. The Balaban J connectivity index is 1.59. The van der Waals surface area contributed by atoms with Crippen LogP contribution in [0.15, 0.2) is 24.3 Å². The molecule has 1 N–H and O–H groups in total. The highest BCUT2D eigenvalue weighted by Crippen LogP contribution is 2.42. The Morgan fingerprint density at radius 1 is 1.10 bits per heavy atom. The summed E-state index contributed by atoms with van der Waals surface area (Å²) in [7, 11) is 0. The lowest BCUT2D eigenvalue weighted by Gasteiger charge is -2.45. The fraction of sp³-hybridized carbons (Fsp3) is 0.667. The largest absolute Gasteiger partial charge is 0.353 e. The van der Waals surface area contributed by atoms with Crippen LogP contribution in [0.1, 0.15) is 71.3 Å². The van der Waals surface area contributed by atoms with Crippen LogP contribution in [0.4, 0.5) is 4.39 Å². The van der Waals surface area contributed by atoms with E-state index < -0.39 is 0 Å². The Hall–Kier alpha value is -1.91. The van der Waals surface area contributed by atoms with Gasteiger partial charge in [-0.3, -0.25) is 9.59 Å². The maximum atomic E-state index is 13.3. The molecule has 1 aliphatic carbocycles. The average Bonchev–Trinajstić information content (AvgIpc) is 3.22.